The Morgan fingerprint density at radius 2 is 1.61 bits per heavy atom. The molecule has 0 aromatic heterocycles. The number of rotatable bonds is 6. The van der Waals surface area contributed by atoms with Crippen molar-refractivity contribution in [2.75, 3.05) is 48.0 Å². The van der Waals surface area contributed by atoms with Crippen LogP contribution in [-0.2, 0) is 0 Å². The molecule has 0 heterocycles. The van der Waals surface area contributed by atoms with Gasteiger partial charge in [0.15, 0.2) is 0 Å². The van der Waals surface area contributed by atoms with Crippen molar-refractivity contribution in [3.8, 4) is 0 Å². The van der Waals surface area contributed by atoms with Crippen LogP contribution in [0.3, 0.4) is 0 Å². The number of nitrogen functional groups attached to an aromatic ring is 1. The fourth-order valence-electron chi connectivity index (χ4n) is 2.51. The van der Waals surface area contributed by atoms with Gasteiger partial charge in [0.25, 0.3) is 0 Å². The molecule has 0 aliphatic heterocycles. The normalized spacial score (nSPS) is 10.5. The van der Waals surface area contributed by atoms with Crippen molar-refractivity contribution >= 4 is 28.4 Å². The summed E-state index contributed by atoms with van der Waals surface area (Å²) in [5.74, 6) is -0.401. The van der Waals surface area contributed by atoms with Crippen molar-refractivity contribution in [3.05, 3.63) is 42.2 Å². The zero-order valence-corrected chi connectivity index (χ0v) is 14.2. The summed E-state index contributed by atoms with van der Waals surface area (Å²) in [5, 5.41) is 3.24. The van der Waals surface area contributed by atoms with E-state index in [-0.39, 0.29) is 5.69 Å². The van der Waals surface area contributed by atoms with Crippen molar-refractivity contribution in [3.63, 3.8) is 0 Å². The second-order valence-electron chi connectivity index (χ2n) is 5.63. The van der Waals surface area contributed by atoms with E-state index < -0.39 is 5.82 Å². The fraction of sp³-hybridized carbons (Fsp3) is 0.333. The molecule has 0 radical (unpaired) electrons. The molecule has 0 atom stereocenters. The lowest BCUT2D eigenvalue weighted by Gasteiger charge is -2.24. The maximum atomic E-state index is 14.1. The first kappa shape index (κ1) is 16.9. The minimum absolute atomic E-state index is 0.196. The van der Waals surface area contributed by atoms with Gasteiger partial charge < -0.3 is 20.9 Å². The molecule has 2 aromatic rings. The Kier molecular flexibility index (Phi) is 5.32. The summed E-state index contributed by atoms with van der Waals surface area (Å²) < 4.78 is 14.1. The van der Waals surface area contributed by atoms with Crippen LogP contribution in [0.1, 0.15) is 13.8 Å². The second kappa shape index (κ2) is 7.22. The van der Waals surface area contributed by atoms with E-state index in [2.05, 4.69) is 5.32 Å². The Morgan fingerprint density at radius 1 is 1.00 bits per heavy atom. The highest BCUT2D eigenvalue weighted by molar-refractivity contribution is 5.76. The van der Waals surface area contributed by atoms with Crippen molar-refractivity contribution < 1.29 is 4.39 Å². The van der Waals surface area contributed by atoms with Gasteiger partial charge in [-0.3, -0.25) is 0 Å². The largest absolute Gasteiger partial charge is 0.395 e. The first-order valence-corrected chi connectivity index (χ1v) is 7.84. The molecule has 0 aliphatic rings. The molecule has 0 saturated carbocycles. The number of halogens is 1. The lowest BCUT2D eigenvalue weighted by atomic mass is 10.2. The topological polar surface area (TPSA) is 44.5 Å². The summed E-state index contributed by atoms with van der Waals surface area (Å²) in [7, 11) is 3.99. The zero-order chi connectivity index (χ0) is 17.0. The molecule has 0 unspecified atom stereocenters. The lowest BCUT2D eigenvalue weighted by Crippen LogP contribution is -2.23. The average Bonchev–Trinajstić information content (AvgIpc) is 2.53. The summed E-state index contributed by atoms with van der Waals surface area (Å²) >= 11 is 0. The molecule has 0 saturated heterocycles. The summed E-state index contributed by atoms with van der Waals surface area (Å²) in [6.07, 6.45) is 0. The third kappa shape index (κ3) is 3.86. The number of hydrogen-bond donors (Lipinski definition) is 2. The molecule has 4 nitrogen and oxygen atoms in total. The maximum absolute atomic E-state index is 14.1. The molecule has 0 amide bonds. The lowest BCUT2D eigenvalue weighted by molar-refractivity contribution is 0.632. The third-order valence-corrected chi connectivity index (χ3v) is 3.88. The highest BCUT2D eigenvalue weighted by Crippen LogP contribution is 2.31. The molecule has 0 bridgehead atoms. The van der Waals surface area contributed by atoms with Crippen LogP contribution in [0.2, 0.25) is 0 Å². The molecule has 0 fully saturated rings. The van der Waals surface area contributed by atoms with E-state index in [0.29, 0.717) is 5.69 Å². The first-order valence-electron chi connectivity index (χ1n) is 7.84. The van der Waals surface area contributed by atoms with E-state index in [0.717, 1.165) is 30.2 Å². The smallest absolute Gasteiger partial charge is 0.150 e. The monoisotopic (exact) mass is 316 g/mol. The van der Waals surface area contributed by atoms with E-state index in [1.165, 1.54) is 6.07 Å². The van der Waals surface area contributed by atoms with E-state index in [1.807, 2.05) is 68.1 Å². The fourth-order valence-corrected chi connectivity index (χ4v) is 2.51. The summed E-state index contributed by atoms with van der Waals surface area (Å²) in [6.45, 7) is 5.62. The molecule has 0 aliphatic carbocycles. The van der Waals surface area contributed by atoms with Crippen LogP contribution < -0.4 is 20.9 Å². The second-order valence-corrected chi connectivity index (χ2v) is 5.63. The van der Waals surface area contributed by atoms with Crippen molar-refractivity contribution in [2.45, 2.75) is 13.8 Å². The standard InChI is InChI=1S/C18H25FN4/c1-5-23(6-2)17-12-14(11-16(19)18(17)20)21-13-7-9-15(10-8-13)22(3)4/h7-12,21H,5-6,20H2,1-4H3. The number of anilines is 5. The van der Waals surface area contributed by atoms with E-state index in [4.69, 9.17) is 5.73 Å². The van der Waals surface area contributed by atoms with Gasteiger partial charge in [0, 0.05) is 44.2 Å². The third-order valence-electron chi connectivity index (χ3n) is 3.88. The van der Waals surface area contributed by atoms with Gasteiger partial charge in [-0.05, 0) is 50.2 Å². The summed E-state index contributed by atoms with van der Waals surface area (Å²) in [6, 6.07) is 11.3. The van der Waals surface area contributed by atoms with Crippen molar-refractivity contribution in [1.29, 1.82) is 0 Å². The minimum atomic E-state index is -0.401. The van der Waals surface area contributed by atoms with Crippen LogP contribution in [0.15, 0.2) is 36.4 Å². The van der Waals surface area contributed by atoms with Gasteiger partial charge in [0.1, 0.15) is 5.82 Å². The van der Waals surface area contributed by atoms with Crippen LogP contribution in [0.5, 0.6) is 0 Å². The predicted molar refractivity (Wildman–Crippen MR) is 98.4 cm³/mol. The molecule has 0 spiro atoms. The van der Waals surface area contributed by atoms with Crippen LogP contribution in [0, 0.1) is 5.82 Å². The quantitative estimate of drug-likeness (QED) is 0.789. The average molecular weight is 316 g/mol. The van der Waals surface area contributed by atoms with Crippen LogP contribution >= 0.6 is 0 Å². The van der Waals surface area contributed by atoms with E-state index in [9.17, 15) is 4.39 Å². The molecule has 5 heteroatoms. The van der Waals surface area contributed by atoms with Gasteiger partial charge in [-0.25, -0.2) is 4.39 Å². The maximum Gasteiger partial charge on any atom is 0.150 e. The SMILES string of the molecule is CCN(CC)c1cc(Nc2ccc(N(C)C)cc2)cc(F)c1N. The highest BCUT2D eigenvalue weighted by Gasteiger charge is 2.12. The Hall–Kier alpha value is -2.43. The minimum Gasteiger partial charge on any atom is -0.395 e. The van der Waals surface area contributed by atoms with Gasteiger partial charge in [-0.2, -0.15) is 0 Å². The number of nitrogens with two attached hydrogens (primary N) is 1. The van der Waals surface area contributed by atoms with Crippen LogP contribution in [0.25, 0.3) is 0 Å². The molecular weight excluding hydrogens is 291 g/mol. The van der Waals surface area contributed by atoms with Gasteiger partial charge in [-0.1, -0.05) is 0 Å². The highest BCUT2D eigenvalue weighted by atomic mass is 19.1. The predicted octanol–water partition coefficient (Wildman–Crippen LogP) is 4.06. The Balaban J connectivity index is 2.29. The Morgan fingerprint density at radius 3 is 2.13 bits per heavy atom. The Bertz CT molecular complexity index is 649. The summed E-state index contributed by atoms with van der Waals surface area (Å²) in [4.78, 5) is 4.07. The van der Waals surface area contributed by atoms with Gasteiger partial charge in [0.2, 0.25) is 0 Å². The molecule has 23 heavy (non-hydrogen) atoms. The molecule has 2 rings (SSSR count). The Labute approximate surface area is 137 Å². The van der Waals surface area contributed by atoms with Crippen LogP contribution in [-0.4, -0.2) is 27.2 Å². The van der Waals surface area contributed by atoms with Crippen molar-refractivity contribution in [1.82, 2.24) is 0 Å². The number of nitrogens with zero attached hydrogens (tertiary/aromatic N) is 2. The molecular formula is C18H25FN4. The molecule has 2 aromatic carbocycles. The summed E-state index contributed by atoms with van der Waals surface area (Å²) in [5.41, 5.74) is 9.53. The number of nitrogens with one attached hydrogen (secondary N) is 1. The number of hydrogen-bond acceptors (Lipinski definition) is 4. The molecule has 3 N–H and O–H groups in total. The van der Waals surface area contributed by atoms with Crippen molar-refractivity contribution in [2.24, 2.45) is 0 Å². The van der Waals surface area contributed by atoms with Gasteiger partial charge >= 0.3 is 0 Å². The molecule has 124 valence electrons. The van der Waals surface area contributed by atoms with Gasteiger partial charge in [-0.15, -0.1) is 0 Å². The van der Waals surface area contributed by atoms with Crippen LogP contribution in [0.4, 0.5) is 32.8 Å². The van der Waals surface area contributed by atoms with E-state index >= 15 is 0 Å². The van der Waals surface area contributed by atoms with Gasteiger partial charge in [0.05, 0.1) is 11.4 Å². The van der Waals surface area contributed by atoms with E-state index in [1.54, 1.807) is 0 Å². The number of benzene rings is 2. The zero-order valence-electron chi connectivity index (χ0n) is 14.2. The first-order chi connectivity index (χ1) is 11.0.